The van der Waals surface area contributed by atoms with Crippen molar-refractivity contribution in [3.63, 3.8) is 0 Å². The molecule has 0 aliphatic heterocycles. The average Bonchev–Trinajstić information content (AvgIpc) is 2.77. The second-order valence-electron chi connectivity index (χ2n) is 2.30. The van der Waals surface area contributed by atoms with Gasteiger partial charge in [0.2, 0.25) is 5.78 Å². The fraction of sp³-hybridized carbons (Fsp3) is 0. The highest BCUT2D eigenvalue weighted by Crippen LogP contribution is 2.04. The van der Waals surface area contributed by atoms with Crippen LogP contribution in [0, 0.1) is 0 Å². The second-order valence-corrected chi connectivity index (χ2v) is 2.30. The summed E-state index contributed by atoms with van der Waals surface area (Å²) in [5.74, 6) is -0.159. The number of H-pyrrole nitrogens is 1. The minimum Gasteiger partial charge on any atom is -0.364 e. The quantitative estimate of drug-likeness (QED) is 0.675. The van der Waals surface area contributed by atoms with E-state index in [1.807, 2.05) is 0 Å². The van der Waals surface area contributed by atoms with E-state index < -0.39 is 0 Å². The number of ketones is 1. The topological polar surface area (TPSA) is 58.9 Å². The van der Waals surface area contributed by atoms with E-state index in [1.165, 1.54) is 12.3 Å². The fourth-order valence-corrected chi connectivity index (χ4v) is 0.939. The number of aromatic nitrogens is 2. The van der Waals surface area contributed by atoms with Crippen molar-refractivity contribution in [2.45, 2.75) is 0 Å². The Morgan fingerprint density at radius 1 is 1.50 bits per heavy atom. The zero-order chi connectivity index (χ0) is 8.39. The largest absolute Gasteiger partial charge is 0.364 e. The second kappa shape index (κ2) is 2.65. The van der Waals surface area contributed by atoms with Gasteiger partial charge in [-0.05, 0) is 12.1 Å². The molecule has 1 N–H and O–H groups in total. The first kappa shape index (κ1) is 6.84. The maximum Gasteiger partial charge on any atom is 0.231 e. The van der Waals surface area contributed by atoms with Crippen LogP contribution in [0.15, 0.2) is 35.2 Å². The van der Waals surface area contributed by atoms with Gasteiger partial charge in [0.1, 0.15) is 6.26 Å². The Balaban J connectivity index is 2.34. The van der Waals surface area contributed by atoms with Gasteiger partial charge in [-0.15, -0.1) is 0 Å². The zero-order valence-electron chi connectivity index (χ0n) is 6.15. The maximum absolute atomic E-state index is 11.4. The number of aromatic amines is 1. The lowest BCUT2D eigenvalue weighted by atomic mass is 10.2. The van der Waals surface area contributed by atoms with E-state index in [0.717, 1.165) is 0 Å². The summed E-state index contributed by atoms with van der Waals surface area (Å²) in [6, 6.07) is 4.98. The molecule has 0 unspecified atom stereocenters. The van der Waals surface area contributed by atoms with Gasteiger partial charge in [-0.25, -0.2) is 0 Å². The SMILES string of the molecule is O=C(c1ccon1)c1ccc[nH]1. The van der Waals surface area contributed by atoms with E-state index in [4.69, 9.17) is 0 Å². The number of hydrogen-bond donors (Lipinski definition) is 1. The molecule has 0 radical (unpaired) electrons. The summed E-state index contributed by atoms with van der Waals surface area (Å²) < 4.78 is 4.55. The van der Waals surface area contributed by atoms with Crippen LogP contribution in [-0.2, 0) is 0 Å². The summed E-state index contributed by atoms with van der Waals surface area (Å²) in [5, 5.41) is 3.53. The molecule has 0 amide bonds. The van der Waals surface area contributed by atoms with Gasteiger partial charge in [0, 0.05) is 12.3 Å². The van der Waals surface area contributed by atoms with E-state index in [1.54, 1.807) is 18.3 Å². The summed E-state index contributed by atoms with van der Waals surface area (Å²) in [7, 11) is 0. The molecule has 0 atom stereocenters. The average molecular weight is 162 g/mol. The summed E-state index contributed by atoms with van der Waals surface area (Å²) in [4.78, 5) is 14.2. The van der Waals surface area contributed by atoms with E-state index in [-0.39, 0.29) is 5.78 Å². The molecule has 4 heteroatoms. The molecule has 0 spiro atoms. The third-order valence-electron chi connectivity index (χ3n) is 1.51. The van der Waals surface area contributed by atoms with Gasteiger partial charge in [-0.2, -0.15) is 0 Å². The highest BCUT2D eigenvalue weighted by atomic mass is 16.5. The molecule has 0 saturated carbocycles. The van der Waals surface area contributed by atoms with Crippen molar-refractivity contribution in [2.75, 3.05) is 0 Å². The van der Waals surface area contributed by atoms with Gasteiger partial charge < -0.3 is 9.51 Å². The number of carbonyl (C=O) groups is 1. The van der Waals surface area contributed by atoms with Crippen LogP contribution in [-0.4, -0.2) is 15.9 Å². The van der Waals surface area contributed by atoms with Gasteiger partial charge in [0.25, 0.3) is 0 Å². The lowest BCUT2D eigenvalue weighted by molar-refractivity contribution is 0.102. The lowest BCUT2D eigenvalue weighted by Crippen LogP contribution is -2.01. The van der Waals surface area contributed by atoms with Crippen LogP contribution in [0.25, 0.3) is 0 Å². The Morgan fingerprint density at radius 3 is 3.00 bits per heavy atom. The lowest BCUT2D eigenvalue weighted by Gasteiger charge is -1.88. The third kappa shape index (κ3) is 1.03. The molecule has 0 fully saturated rings. The Kier molecular flexibility index (Phi) is 1.51. The molecule has 2 aromatic rings. The van der Waals surface area contributed by atoms with Crippen LogP contribution in [0.5, 0.6) is 0 Å². The van der Waals surface area contributed by atoms with E-state index in [9.17, 15) is 4.79 Å². The first-order valence-corrected chi connectivity index (χ1v) is 3.46. The predicted molar refractivity (Wildman–Crippen MR) is 40.7 cm³/mol. The molecular weight excluding hydrogens is 156 g/mol. The summed E-state index contributed by atoms with van der Waals surface area (Å²) in [6.07, 6.45) is 3.06. The third-order valence-corrected chi connectivity index (χ3v) is 1.51. The van der Waals surface area contributed by atoms with Crippen molar-refractivity contribution in [2.24, 2.45) is 0 Å². The molecule has 0 saturated heterocycles. The molecule has 2 heterocycles. The van der Waals surface area contributed by atoms with Gasteiger partial charge in [-0.1, -0.05) is 5.16 Å². The number of hydrogen-bond acceptors (Lipinski definition) is 3. The molecule has 0 aliphatic rings. The van der Waals surface area contributed by atoms with Crippen LogP contribution in [0.1, 0.15) is 16.2 Å². The Labute approximate surface area is 68.2 Å². The molecular formula is C8H6N2O2. The summed E-state index contributed by atoms with van der Waals surface area (Å²) >= 11 is 0. The van der Waals surface area contributed by atoms with Crippen molar-refractivity contribution in [3.8, 4) is 0 Å². The highest BCUT2D eigenvalue weighted by Gasteiger charge is 2.11. The number of nitrogens with one attached hydrogen (secondary N) is 1. The Bertz CT molecular complexity index is 325. The molecule has 2 rings (SSSR count). The Morgan fingerprint density at radius 2 is 2.42 bits per heavy atom. The fourth-order valence-electron chi connectivity index (χ4n) is 0.939. The van der Waals surface area contributed by atoms with Gasteiger partial charge in [0.15, 0.2) is 5.69 Å². The highest BCUT2D eigenvalue weighted by molar-refractivity contribution is 6.06. The molecule has 12 heavy (non-hydrogen) atoms. The van der Waals surface area contributed by atoms with E-state index in [0.29, 0.717) is 11.4 Å². The van der Waals surface area contributed by atoms with Crippen LogP contribution < -0.4 is 0 Å². The minimum atomic E-state index is -0.159. The number of carbonyl (C=O) groups excluding carboxylic acids is 1. The van der Waals surface area contributed by atoms with Crippen LogP contribution in [0.3, 0.4) is 0 Å². The van der Waals surface area contributed by atoms with Crippen molar-refractivity contribution >= 4 is 5.78 Å². The monoisotopic (exact) mass is 162 g/mol. The zero-order valence-corrected chi connectivity index (χ0v) is 6.15. The van der Waals surface area contributed by atoms with Crippen molar-refractivity contribution in [1.82, 2.24) is 10.1 Å². The number of nitrogens with zero attached hydrogens (tertiary/aromatic N) is 1. The molecule has 0 bridgehead atoms. The van der Waals surface area contributed by atoms with Crippen molar-refractivity contribution in [3.05, 3.63) is 42.0 Å². The van der Waals surface area contributed by atoms with Gasteiger partial charge in [-0.3, -0.25) is 4.79 Å². The number of rotatable bonds is 2. The first-order valence-electron chi connectivity index (χ1n) is 3.46. The van der Waals surface area contributed by atoms with Crippen LogP contribution in [0.2, 0.25) is 0 Å². The molecule has 60 valence electrons. The Hall–Kier alpha value is -1.84. The summed E-state index contributed by atoms with van der Waals surface area (Å²) in [6.45, 7) is 0. The predicted octanol–water partition coefficient (Wildman–Crippen LogP) is 1.23. The van der Waals surface area contributed by atoms with Crippen molar-refractivity contribution < 1.29 is 9.32 Å². The van der Waals surface area contributed by atoms with E-state index >= 15 is 0 Å². The molecule has 0 aromatic carbocycles. The first-order chi connectivity index (χ1) is 5.88. The van der Waals surface area contributed by atoms with Crippen LogP contribution in [0.4, 0.5) is 0 Å². The molecule has 0 aliphatic carbocycles. The minimum absolute atomic E-state index is 0.159. The van der Waals surface area contributed by atoms with E-state index in [2.05, 4.69) is 14.7 Å². The van der Waals surface area contributed by atoms with Gasteiger partial charge >= 0.3 is 0 Å². The van der Waals surface area contributed by atoms with Gasteiger partial charge in [0.05, 0.1) is 5.69 Å². The van der Waals surface area contributed by atoms with Crippen LogP contribution >= 0.6 is 0 Å². The normalized spacial score (nSPS) is 10.0. The summed E-state index contributed by atoms with van der Waals surface area (Å²) in [5.41, 5.74) is 0.835. The van der Waals surface area contributed by atoms with Crippen molar-refractivity contribution in [1.29, 1.82) is 0 Å². The maximum atomic E-state index is 11.4. The smallest absolute Gasteiger partial charge is 0.231 e. The molecule has 4 nitrogen and oxygen atoms in total. The molecule has 2 aromatic heterocycles. The standard InChI is InChI=1S/C8H6N2O2/c11-8(6-2-1-4-9-6)7-3-5-12-10-7/h1-5,9H.